The molecule has 0 spiro atoms. The van der Waals surface area contributed by atoms with Crippen molar-refractivity contribution in [3.8, 4) is 17.0 Å². The highest BCUT2D eigenvalue weighted by molar-refractivity contribution is 5.92. The van der Waals surface area contributed by atoms with E-state index in [1.807, 2.05) is 6.92 Å². The Bertz CT molecular complexity index is 1240. The Morgan fingerprint density at radius 3 is 2.46 bits per heavy atom. The highest BCUT2D eigenvalue weighted by Crippen LogP contribution is 2.34. The van der Waals surface area contributed by atoms with Gasteiger partial charge in [-0.2, -0.15) is 18.2 Å². The Labute approximate surface area is 213 Å². The van der Waals surface area contributed by atoms with Crippen molar-refractivity contribution in [2.75, 3.05) is 20.3 Å². The number of carbonyl (C=O) groups excluding carboxylic acids is 1. The maximum absolute atomic E-state index is 13.2. The SMILES string of the molecule is COc1cc(C(=O)N[C@H](C)c2ccc(-c3cc(C(F)(F)F)ccc3CN)cc2)nc(C2CCOCC2)n1. The van der Waals surface area contributed by atoms with Crippen molar-refractivity contribution in [1.29, 1.82) is 0 Å². The molecule has 0 aliphatic carbocycles. The van der Waals surface area contributed by atoms with Crippen LogP contribution in [-0.2, 0) is 17.5 Å². The fourth-order valence-corrected chi connectivity index (χ4v) is 4.31. The monoisotopic (exact) mass is 514 g/mol. The number of hydrogen-bond acceptors (Lipinski definition) is 6. The second kappa shape index (κ2) is 11.3. The summed E-state index contributed by atoms with van der Waals surface area (Å²) in [5.74, 6) is 0.584. The fraction of sp³-hybridized carbons (Fsp3) is 0.370. The molecule has 4 rings (SSSR count). The molecule has 37 heavy (non-hydrogen) atoms. The van der Waals surface area contributed by atoms with Gasteiger partial charge in [0.25, 0.3) is 5.91 Å². The van der Waals surface area contributed by atoms with Crippen LogP contribution in [0.25, 0.3) is 11.1 Å². The minimum Gasteiger partial charge on any atom is -0.481 e. The Kier molecular flexibility index (Phi) is 8.09. The average Bonchev–Trinajstić information content (AvgIpc) is 2.92. The number of amides is 1. The van der Waals surface area contributed by atoms with Gasteiger partial charge < -0.3 is 20.5 Å². The van der Waals surface area contributed by atoms with Gasteiger partial charge in [0.05, 0.1) is 18.7 Å². The van der Waals surface area contributed by atoms with Crippen molar-refractivity contribution in [2.45, 2.75) is 44.4 Å². The van der Waals surface area contributed by atoms with Gasteiger partial charge in [-0.25, -0.2) is 4.98 Å². The van der Waals surface area contributed by atoms with Crippen molar-refractivity contribution in [2.24, 2.45) is 5.73 Å². The van der Waals surface area contributed by atoms with E-state index in [0.717, 1.165) is 30.5 Å². The molecule has 0 radical (unpaired) electrons. The number of nitrogens with zero attached hydrogens (tertiary/aromatic N) is 2. The molecule has 1 aliphatic rings. The smallest absolute Gasteiger partial charge is 0.416 e. The van der Waals surface area contributed by atoms with Crippen molar-refractivity contribution >= 4 is 5.91 Å². The predicted octanol–water partition coefficient (Wildman–Crippen LogP) is 5.01. The van der Waals surface area contributed by atoms with Crippen molar-refractivity contribution in [1.82, 2.24) is 15.3 Å². The van der Waals surface area contributed by atoms with Crippen LogP contribution in [-0.4, -0.2) is 36.2 Å². The molecule has 0 saturated carbocycles. The van der Waals surface area contributed by atoms with Gasteiger partial charge in [0.1, 0.15) is 11.5 Å². The summed E-state index contributed by atoms with van der Waals surface area (Å²) in [5.41, 5.74) is 7.66. The molecule has 1 saturated heterocycles. The molecule has 196 valence electrons. The average molecular weight is 515 g/mol. The Hall–Kier alpha value is -3.50. The van der Waals surface area contributed by atoms with Gasteiger partial charge in [-0.1, -0.05) is 30.3 Å². The summed E-state index contributed by atoms with van der Waals surface area (Å²) in [6.07, 6.45) is -2.90. The van der Waals surface area contributed by atoms with Crippen LogP contribution in [0.1, 0.15) is 64.7 Å². The number of carbonyl (C=O) groups is 1. The molecular weight excluding hydrogens is 485 g/mol. The molecule has 2 aromatic carbocycles. The van der Waals surface area contributed by atoms with Gasteiger partial charge in [-0.3, -0.25) is 4.79 Å². The van der Waals surface area contributed by atoms with Gasteiger partial charge >= 0.3 is 6.18 Å². The first-order valence-electron chi connectivity index (χ1n) is 12.0. The summed E-state index contributed by atoms with van der Waals surface area (Å²) in [4.78, 5) is 21.9. The first-order chi connectivity index (χ1) is 17.7. The summed E-state index contributed by atoms with van der Waals surface area (Å²) >= 11 is 0. The number of aromatic nitrogens is 2. The number of ether oxygens (including phenoxy) is 2. The van der Waals surface area contributed by atoms with Gasteiger partial charge in [-0.15, -0.1) is 0 Å². The number of rotatable bonds is 7. The van der Waals surface area contributed by atoms with Crippen LogP contribution in [0, 0.1) is 0 Å². The number of hydrogen-bond donors (Lipinski definition) is 2. The zero-order valence-corrected chi connectivity index (χ0v) is 20.6. The van der Waals surface area contributed by atoms with E-state index >= 15 is 0 Å². The molecule has 2 heterocycles. The molecule has 1 aromatic heterocycles. The third-order valence-electron chi connectivity index (χ3n) is 6.47. The second-order valence-corrected chi connectivity index (χ2v) is 8.93. The van der Waals surface area contributed by atoms with Crippen LogP contribution in [0.5, 0.6) is 5.88 Å². The predicted molar refractivity (Wildman–Crippen MR) is 132 cm³/mol. The number of nitrogens with two attached hydrogens (primary N) is 1. The van der Waals surface area contributed by atoms with Gasteiger partial charge in [0.15, 0.2) is 0 Å². The Morgan fingerprint density at radius 1 is 1.14 bits per heavy atom. The standard InChI is InChI=1S/C27H29F3N4O3/c1-16(32-26(35)23-14-24(36-2)34-25(33-23)19-9-11-37-12-10-19)17-3-5-18(6-4-17)22-13-21(27(28,29)30)8-7-20(22)15-31/h3-8,13-14,16,19H,9-12,15,31H2,1-2H3,(H,32,35)/t16-/m1/s1. The van der Waals surface area contributed by atoms with E-state index in [2.05, 4.69) is 15.3 Å². The molecule has 1 aliphatic heterocycles. The lowest BCUT2D eigenvalue weighted by Gasteiger charge is -2.21. The van der Waals surface area contributed by atoms with Crippen LogP contribution in [0.15, 0.2) is 48.5 Å². The first kappa shape index (κ1) is 26.6. The molecule has 7 nitrogen and oxygen atoms in total. The Morgan fingerprint density at radius 2 is 1.84 bits per heavy atom. The van der Waals surface area contributed by atoms with E-state index in [0.29, 0.717) is 41.6 Å². The van der Waals surface area contributed by atoms with E-state index in [1.165, 1.54) is 19.2 Å². The van der Waals surface area contributed by atoms with Crippen molar-refractivity contribution in [3.63, 3.8) is 0 Å². The maximum Gasteiger partial charge on any atom is 0.416 e. The van der Waals surface area contributed by atoms with E-state index in [9.17, 15) is 18.0 Å². The maximum atomic E-state index is 13.2. The minimum absolute atomic E-state index is 0.0922. The lowest BCUT2D eigenvalue weighted by molar-refractivity contribution is -0.137. The molecule has 3 N–H and O–H groups in total. The van der Waals surface area contributed by atoms with Crippen LogP contribution < -0.4 is 15.8 Å². The zero-order chi connectivity index (χ0) is 26.6. The number of nitrogens with one attached hydrogen (secondary N) is 1. The van der Waals surface area contributed by atoms with Crippen LogP contribution >= 0.6 is 0 Å². The van der Waals surface area contributed by atoms with E-state index in [1.54, 1.807) is 24.3 Å². The summed E-state index contributed by atoms with van der Waals surface area (Å²) in [7, 11) is 1.49. The summed E-state index contributed by atoms with van der Waals surface area (Å²) < 4.78 is 50.4. The zero-order valence-electron chi connectivity index (χ0n) is 20.6. The number of alkyl halides is 3. The largest absolute Gasteiger partial charge is 0.481 e. The second-order valence-electron chi connectivity index (χ2n) is 8.93. The molecule has 3 aromatic rings. The van der Waals surface area contributed by atoms with Crippen LogP contribution in [0.2, 0.25) is 0 Å². The third kappa shape index (κ3) is 6.26. The van der Waals surface area contributed by atoms with E-state index < -0.39 is 11.7 Å². The number of methoxy groups -OCH3 is 1. The lowest BCUT2D eigenvalue weighted by Crippen LogP contribution is -2.28. The molecule has 1 amide bonds. The topological polar surface area (TPSA) is 99.4 Å². The van der Waals surface area contributed by atoms with Crippen molar-refractivity contribution in [3.05, 3.63) is 76.7 Å². The number of halogens is 3. The van der Waals surface area contributed by atoms with Gasteiger partial charge in [-0.05, 0) is 54.2 Å². The molecular formula is C27H29F3N4O3. The third-order valence-corrected chi connectivity index (χ3v) is 6.47. The van der Waals surface area contributed by atoms with Crippen LogP contribution in [0.4, 0.5) is 13.2 Å². The van der Waals surface area contributed by atoms with E-state index in [-0.39, 0.29) is 30.1 Å². The highest BCUT2D eigenvalue weighted by atomic mass is 19.4. The summed E-state index contributed by atoms with van der Waals surface area (Å²) in [5, 5.41) is 2.93. The lowest BCUT2D eigenvalue weighted by atomic mass is 9.95. The minimum atomic E-state index is -4.45. The van der Waals surface area contributed by atoms with E-state index in [4.69, 9.17) is 15.2 Å². The highest BCUT2D eigenvalue weighted by Gasteiger charge is 2.31. The molecule has 10 heteroatoms. The van der Waals surface area contributed by atoms with Crippen molar-refractivity contribution < 1.29 is 27.4 Å². The fourth-order valence-electron chi connectivity index (χ4n) is 4.31. The van der Waals surface area contributed by atoms with Gasteiger partial charge in [0.2, 0.25) is 5.88 Å². The molecule has 0 unspecified atom stereocenters. The Balaban J connectivity index is 1.52. The molecule has 1 fully saturated rings. The summed E-state index contributed by atoms with van der Waals surface area (Å²) in [6.45, 7) is 3.17. The summed E-state index contributed by atoms with van der Waals surface area (Å²) in [6, 6.07) is 11.7. The number of benzene rings is 2. The molecule has 1 atom stereocenters. The first-order valence-corrected chi connectivity index (χ1v) is 12.0. The van der Waals surface area contributed by atoms with Crippen LogP contribution in [0.3, 0.4) is 0 Å². The quantitative estimate of drug-likeness (QED) is 0.460. The van der Waals surface area contributed by atoms with Gasteiger partial charge in [0, 0.05) is 31.7 Å². The normalized spacial score (nSPS) is 15.3. The molecule has 0 bridgehead atoms.